The van der Waals surface area contributed by atoms with E-state index in [1.165, 1.54) is 5.56 Å². The molecule has 1 aromatic carbocycles. The van der Waals surface area contributed by atoms with Gasteiger partial charge in [0.1, 0.15) is 5.75 Å². The molecule has 1 aromatic rings. The minimum Gasteiger partial charge on any atom is -0.496 e. The van der Waals surface area contributed by atoms with E-state index >= 15 is 0 Å². The molecule has 1 atom stereocenters. The molecule has 0 aliphatic carbocycles. The third-order valence-electron chi connectivity index (χ3n) is 3.80. The Balaban J connectivity index is 3.17. The van der Waals surface area contributed by atoms with Gasteiger partial charge >= 0.3 is 0 Å². The van der Waals surface area contributed by atoms with Crippen LogP contribution >= 0.6 is 0 Å². The highest BCUT2D eigenvalue weighted by atomic mass is 16.5. The van der Waals surface area contributed by atoms with Crippen molar-refractivity contribution in [2.75, 3.05) is 7.11 Å². The van der Waals surface area contributed by atoms with Gasteiger partial charge < -0.3 is 10.5 Å². The van der Waals surface area contributed by atoms with E-state index < -0.39 is 0 Å². The van der Waals surface area contributed by atoms with Gasteiger partial charge in [-0.15, -0.1) is 0 Å². The summed E-state index contributed by atoms with van der Waals surface area (Å²) in [5.74, 6) is 0.968. The van der Waals surface area contributed by atoms with Crippen molar-refractivity contribution in [1.82, 2.24) is 0 Å². The topological polar surface area (TPSA) is 35.2 Å². The Labute approximate surface area is 105 Å². The molecule has 0 bridgehead atoms. The van der Waals surface area contributed by atoms with Gasteiger partial charge in [0.2, 0.25) is 0 Å². The predicted octanol–water partition coefficient (Wildman–Crippen LogP) is 3.75. The van der Waals surface area contributed by atoms with Crippen LogP contribution in [0.5, 0.6) is 5.75 Å². The number of aryl methyl sites for hydroxylation is 2. The Morgan fingerprint density at radius 1 is 1.24 bits per heavy atom. The molecule has 0 amide bonds. The van der Waals surface area contributed by atoms with Crippen molar-refractivity contribution < 1.29 is 4.74 Å². The molecule has 0 radical (unpaired) electrons. The summed E-state index contributed by atoms with van der Waals surface area (Å²) in [5.41, 5.74) is 10.0. The van der Waals surface area contributed by atoms with E-state index in [2.05, 4.69) is 46.8 Å². The van der Waals surface area contributed by atoms with Crippen LogP contribution in [0.2, 0.25) is 0 Å². The second-order valence-electron chi connectivity index (χ2n) is 5.51. The average molecular weight is 235 g/mol. The molecule has 2 N–H and O–H groups in total. The van der Waals surface area contributed by atoms with Crippen LogP contribution in [0.25, 0.3) is 0 Å². The molecule has 0 spiro atoms. The molecule has 0 saturated heterocycles. The van der Waals surface area contributed by atoms with Gasteiger partial charge in [-0.05, 0) is 42.4 Å². The number of methoxy groups -OCH3 is 1. The molecular weight excluding hydrogens is 210 g/mol. The van der Waals surface area contributed by atoms with Crippen molar-refractivity contribution in [3.8, 4) is 5.75 Å². The molecule has 17 heavy (non-hydrogen) atoms. The fraction of sp³-hybridized carbons (Fsp3) is 0.600. The van der Waals surface area contributed by atoms with Gasteiger partial charge in [-0.1, -0.05) is 32.9 Å². The second kappa shape index (κ2) is 5.09. The zero-order chi connectivity index (χ0) is 13.2. The first-order chi connectivity index (χ1) is 7.83. The lowest BCUT2D eigenvalue weighted by atomic mass is 9.78. The summed E-state index contributed by atoms with van der Waals surface area (Å²) >= 11 is 0. The van der Waals surface area contributed by atoms with Crippen LogP contribution in [-0.2, 0) is 0 Å². The summed E-state index contributed by atoms with van der Waals surface area (Å²) in [6.07, 6.45) is 1.07. The van der Waals surface area contributed by atoms with Crippen molar-refractivity contribution in [2.24, 2.45) is 11.1 Å². The summed E-state index contributed by atoms with van der Waals surface area (Å²) in [4.78, 5) is 0. The Kier molecular flexibility index (Phi) is 4.21. The average Bonchev–Trinajstić information content (AvgIpc) is 2.27. The number of hydrogen-bond acceptors (Lipinski definition) is 2. The van der Waals surface area contributed by atoms with E-state index in [4.69, 9.17) is 10.5 Å². The first-order valence-corrected chi connectivity index (χ1v) is 6.24. The van der Waals surface area contributed by atoms with Gasteiger partial charge in [0, 0.05) is 6.04 Å². The van der Waals surface area contributed by atoms with E-state index in [0.29, 0.717) is 0 Å². The van der Waals surface area contributed by atoms with E-state index in [9.17, 15) is 0 Å². The summed E-state index contributed by atoms with van der Waals surface area (Å²) in [5, 5.41) is 0. The van der Waals surface area contributed by atoms with Crippen LogP contribution in [-0.4, -0.2) is 7.11 Å². The standard InChI is InChI=1S/C15H25NO/c1-7-15(4,5)14(16)12-8-10(2)13(17-6)11(3)9-12/h8-9,14H,7,16H2,1-6H3. The Morgan fingerprint density at radius 2 is 1.71 bits per heavy atom. The Hall–Kier alpha value is -1.02. The van der Waals surface area contributed by atoms with Crippen LogP contribution in [0.1, 0.15) is 49.9 Å². The number of benzene rings is 1. The molecule has 0 aromatic heterocycles. The van der Waals surface area contributed by atoms with Crippen LogP contribution in [0.4, 0.5) is 0 Å². The SMILES string of the molecule is CCC(C)(C)C(N)c1cc(C)c(OC)c(C)c1. The van der Waals surface area contributed by atoms with Crippen LogP contribution in [0.3, 0.4) is 0 Å². The van der Waals surface area contributed by atoms with Crippen molar-refractivity contribution in [1.29, 1.82) is 0 Å². The zero-order valence-electron chi connectivity index (χ0n) is 11.9. The Bertz CT molecular complexity index is 373. The smallest absolute Gasteiger partial charge is 0.124 e. The zero-order valence-corrected chi connectivity index (χ0v) is 11.9. The van der Waals surface area contributed by atoms with Crippen molar-refractivity contribution in [3.63, 3.8) is 0 Å². The first kappa shape index (κ1) is 14.0. The number of ether oxygens (including phenoxy) is 1. The van der Waals surface area contributed by atoms with Crippen molar-refractivity contribution in [2.45, 2.75) is 47.1 Å². The van der Waals surface area contributed by atoms with Gasteiger partial charge in [-0.25, -0.2) is 0 Å². The molecule has 2 heteroatoms. The highest BCUT2D eigenvalue weighted by Crippen LogP contribution is 2.36. The maximum Gasteiger partial charge on any atom is 0.124 e. The molecule has 1 rings (SSSR count). The lowest BCUT2D eigenvalue weighted by molar-refractivity contribution is 0.278. The maximum absolute atomic E-state index is 6.37. The van der Waals surface area contributed by atoms with Crippen LogP contribution < -0.4 is 10.5 Å². The normalized spacial score (nSPS) is 13.6. The van der Waals surface area contributed by atoms with Gasteiger partial charge in [0.05, 0.1) is 7.11 Å². The molecule has 0 aliphatic heterocycles. The van der Waals surface area contributed by atoms with Gasteiger partial charge in [-0.2, -0.15) is 0 Å². The number of hydrogen-bond donors (Lipinski definition) is 1. The second-order valence-corrected chi connectivity index (χ2v) is 5.51. The molecule has 0 fully saturated rings. The minimum atomic E-state index is 0.0656. The van der Waals surface area contributed by atoms with Gasteiger partial charge in [-0.3, -0.25) is 0 Å². The maximum atomic E-state index is 6.37. The lowest BCUT2D eigenvalue weighted by Gasteiger charge is -2.31. The number of rotatable bonds is 4. The quantitative estimate of drug-likeness (QED) is 0.862. The van der Waals surface area contributed by atoms with E-state index in [1.54, 1.807) is 7.11 Å². The summed E-state index contributed by atoms with van der Waals surface area (Å²) in [6, 6.07) is 4.36. The highest BCUT2D eigenvalue weighted by Gasteiger charge is 2.26. The lowest BCUT2D eigenvalue weighted by Crippen LogP contribution is -2.28. The Morgan fingerprint density at radius 3 is 2.06 bits per heavy atom. The van der Waals surface area contributed by atoms with Gasteiger partial charge in [0.15, 0.2) is 0 Å². The summed E-state index contributed by atoms with van der Waals surface area (Å²) in [7, 11) is 1.71. The summed E-state index contributed by atoms with van der Waals surface area (Å²) < 4.78 is 5.38. The third-order valence-corrected chi connectivity index (χ3v) is 3.80. The summed E-state index contributed by atoms with van der Waals surface area (Å²) in [6.45, 7) is 10.8. The van der Waals surface area contributed by atoms with Crippen molar-refractivity contribution >= 4 is 0 Å². The molecule has 0 heterocycles. The minimum absolute atomic E-state index is 0.0656. The molecule has 1 unspecified atom stereocenters. The van der Waals surface area contributed by atoms with E-state index in [-0.39, 0.29) is 11.5 Å². The predicted molar refractivity (Wildman–Crippen MR) is 73.5 cm³/mol. The van der Waals surface area contributed by atoms with E-state index in [0.717, 1.165) is 23.3 Å². The van der Waals surface area contributed by atoms with Crippen LogP contribution in [0.15, 0.2) is 12.1 Å². The number of nitrogens with two attached hydrogens (primary N) is 1. The molecule has 2 nitrogen and oxygen atoms in total. The monoisotopic (exact) mass is 235 g/mol. The first-order valence-electron chi connectivity index (χ1n) is 6.24. The van der Waals surface area contributed by atoms with Crippen molar-refractivity contribution in [3.05, 3.63) is 28.8 Å². The van der Waals surface area contributed by atoms with Crippen LogP contribution in [0, 0.1) is 19.3 Å². The molecular formula is C15H25NO. The fourth-order valence-corrected chi connectivity index (χ4v) is 2.16. The molecule has 0 aliphatic rings. The highest BCUT2D eigenvalue weighted by molar-refractivity contribution is 5.44. The van der Waals surface area contributed by atoms with E-state index in [1.807, 2.05) is 0 Å². The fourth-order valence-electron chi connectivity index (χ4n) is 2.16. The third kappa shape index (κ3) is 2.81. The molecule has 96 valence electrons. The largest absolute Gasteiger partial charge is 0.496 e. The molecule has 0 saturated carbocycles. The van der Waals surface area contributed by atoms with Gasteiger partial charge in [0.25, 0.3) is 0 Å².